The molecule has 0 saturated carbocycles. The fourth-order valence-electron chi connectivity index (χ4n) is 2.45. The minimum Gasteiger partial charge on any atom is -0.467 e. The lowest BCUT2D eigenvalue weighted by Gasteiger charge is -2.02. The zero-order chi connectivity index (χ0) is 14.4. The average Bonchev–Trinajstić information content (AvgIpc) is 3.09. The van der Waals surface area contributed by atoms with Crippen LogP contribution in [0.2, 0.25) is 5.02 Å². The minimum atomic E-state index is -0.135. The van der Waals surface area contributed by atoms with E-state index in [0.29, 0.717) is 28.4 Å². The standard InChI is InChI=1S/C15H10ClN3O2/c16-9-3-4-12-11(6-9)13-14(18-12)15(20)19(8-17-13)7-10-2-1-5-21-10/h1-6,8,18H,7H2. The van der Waals surface area contributed by atoms with Gasteiger partial charge in [-0.3, -0.25) is 9.36 Å². The Bertz CT molecular complexity index is 999. The molecule has 0 saturated heterocycles. The van der Waals surface area contributed by atoms with Gasteiger partial charge >= 0.3 is 0 Å². The Morgan fingerprint density at radius 1 is 1.33 bits per heavy atom. The highest BCUT2D eigenvalue weighted by atomic mass is 35.5. The molecule has 21 heavy (non-hydrogen) atoms. The van der Waals surface area contributed by atoms with Crippen molar-refractivity contribution in [1.29, 1.82) is 0 Å². The zero-order valence-corrected chi connectivity index (χ0v) is 11.6. The molecule has 6 heteroatoms. The second kappa shape index (κ2) is 4.49. The van der Waals surface area contributed by atoms with Gasteiger partial charge in [-0.15, -0.1) is 0 Å². The van der Waals surface area contributed by atoms with Crippen LogP contribution in [0.25, 0.3) is 21.9 Å². The third kappa shape index (κ3) is 1.94. The van der Waals surface area contributed by atoms with Crippen LogP contribution in [0.4, 0.5) is 0 Å². The molecule has 5 nitrogen and oxygen atoms in total. The highest BCUT2D eigenvalue weighted by Gasteiger charge is 2.11. The van der Waals surface area contributed by atoms with E-state index in [-0.39, 0.29) is 5.56 Å². The molecule has 3 aromatic heterocycles. The molecule has 0 bridgehead atoms. The summed E-state index contributed by atoms with van der Waals surface area (Å²) in [6, 6.07) is 9.04. The fourth-order valence-corrected chi connectivity index (χ4v) is 2.62. The highest BCUT2D eigenvalue weighted by Crippen LogP contribution is 2.24. The number of aromatic amines is 1. The molecule has 0 radical (unpaired) electrons. The SMILES string of the molecule is O=c1c2[nH]c3ccc(Cl)cc3c2ncn1Cc1ccco1. The van der Waals surface area contributed by atoms with E-state index in [1.807, 2.05) is 12.1 Å². The summed E-state index contributed by atoms with van der Waals surface area (Å²) in [5, 5.41) is 1.46. The molecule has 1 N–H and O–H groups in total. The number of fused-ring (bicyclic) bond motifs is 3. The number of benzene rings is 1. The summed E-state index contributed by atoms with van der Waals surface area (Å²) in [5.74, 6) is 0.706. The molecule has 4 rings (SSSR count). The number of furan rings is 1. The Balaban J connectivity index is 1.94. The summed E-state index contributed by atoms with van der Waals surface area (Å²) in [7, 11) is 0. The number of nitrogens with one attached hydrogen (secondary N) is 1. The largest absolute Gasteiger partial charge is 0.467 e. The van der Waals surface area contributed by atoms with Crippen molar-refractivity contribution < 1.29 is 4.42 Å². The van der Waals surface area contributed by atoms with Crippen LogP contribution >= 0.6 is 11.6 Å². The molecule has 0 unspecified atom stereocenters. The summed E-state index contributed by atoms with van der Waals surface area (Å²) in [6.07, 6.45) is 3.11. The third-order valence-electron chi connectivity index (χ3n) is 3.44. The molecule has 0 atom stereocenters. The van der Waals surface area contributed by atoms with Gasteiger partial charge in [-0.25, -0.2) is 4.98 Å². The molecule has 0 aliphatic rings. The highest BCUT2D eigenvalue weighted by molar-refractivity contribution is 6.31. The predicted octanol–water partition coefficient (Wildman–Crippen LogP) is 3.17. The lowest BCUT2D eigenvalue weighted by atomic mass is 10.2. The Labute approximate surface area is 123 Å². The number of H-pyrrole nitrogens is 1. The first kappa shape index (κ1) is 12.2. The predicted molar refractivity (Wildman–Crippen MR) is 80.7 cm³/mol. The molecule has 1 aromatic carbocycles. The topological polar surface area (TPSA) is 63.8 Å². The number of halogens is 1. The summed E-state index contributed by atoms with van der Waals surface area (Å²) >= 11 is 6.00. The Hall–Kier alpha value is -2.53. The number of hydrogen-bond acceptors (Lipinski definition) is 3. The monoisotopic (exact) mass is 299 g/mol. The van der Waals surface area contributed by atoms with Crippen LogP contribution in [0.15, 0.2) is 52.1 Å². The molecule has 4 aromatic rings. The van der Waals surface area contributed by atoms with E-state index in [1.165, 1.54) is 10.9 Å². The van der Waals surface area contributed by atoms with E-state index in [2.05, 4.69) is 9.97 Å². The van der Waals surface area contributed by atoms with Crippen molar-refractivity contribution in [1.82, 2.24) is 14.5 Å². The van der Waals surface area contributed by atoms with Crippen LogP contribution in [0.1, 0.15) is 5.76 Å². The normalized spacial score (nSPS) is 11.5. The number of nitrogens with zero attached hydrogens (tertiary/aromatic N) is 2. The van der Waals surface area contributed by atoms with Crippen molar-refractivity contribution in [3.63, 3.8) is 0 Å². The van der Waals surface area contributed by atoms with Crippen molar-refractivity contribution in [3.8, 4) is 0 Å². The molecule has 3 heterocycles. The van der Waals surface area contributed by atoms with Crippen molar-refractivity contribution in [2.24, 2.45) is 0 Å². The maximum atomic E-state index is 12.5. The molecular formula is C15H10ClN3O2. The maximum Gasteiger partial charge on any atom is 0.278 e. The molecule has 104 valence electrons. The second-order valence-corrected chi connectivity index (χ2v) is 5.23. The summed E-state index contributed by atoms with van der Waals surface area (Å²) in [4.78, 5) is 20.0. The van der Waals surface area contributed by atoms with Gasteiger partial charge in [0.05, 0.1) is 19.1 Å². The third-order valence-corrected chi connectivity index (χ3v) is 3.68. The maximum absolute atomic E-state index is 12.5. The van der Waals surface area contributed by atoms with Crippen LogP contribution in [-0.2, 0) is 6.54 Å². The van der Waals surface area contributed by atoms with Crippen molar-refractivity contribution in [3.05, 3.63) is 64.1 Å². The summed E-state index contributed by atoms with van der Waals surface area (Å²) in [5.41, 5.74) is 1.81. The Kier molecular flexibility index (Phi) is 2.62. The van der Waals surface area contributed by atoms with E-state index >= 15 is 0 Å². The van der Waals surface area contributed by atoms with Crippen LogP contribution in [-0.4, -0.2) is 14.5 Å². The molecule has 0 fully saturated rings. The van der Waals surface area contributed by atoms with E-state index in [1.54, 1.807) is 24.5 Å². The molecule has 0 aliphatic heterocycles. The van der Waals surface area contributed by atoms with E-state index in [4.69, 9.17) is 16.0 Å². The Morgan fingerprint density at radius 3 is 3.05 bits per heavy atom. The van der Waals surface area contributed by atoms with Crippen LogP contribution in [0.5, 0.6) is 0 Å². The quantitative estimate of drug-likeness (QED) is 0.618. The van der Waals surface area contributed by atoms with Gasteiger partial charge in [0.25, 0.3) is 5.56 Å². The minimum absolute atomic E-state index is 0.135. The number of rotatable bonds is 2. The number of hydrogen-bond donors (Lipinski definition) is 1. The van der Waals surface area contributed by atoms with Gasteiger partial charge in [-0.05, 0) is 30.3 Å². The Morgan fingerprint density at radius 2 is 2.24 bits per heavy atom. The first-order valence-corrected chi connectivity index (χ1v) is 6.79. The van der Waals surface area contributed by atoms with E-state index in [9.17, 15) is 4.79 Å². The van der Waals surface area contributed by atoms with Gasteiger partial charge in [-0.2, -0.15) is 0 Å². The van der Waals surface area contributed by atoms with E-state index in [0.717, 1.165) is 10.9 Å². The molecule has 0 aliphatic carbocycles. The van der Waals surface area contributed by atoms with Crippen LogP contribution < -0.4 is 5.56 Å². The summed E-state index contributed by atoms with van der Waals surface area (Å²) < 4.78 is 6.78. The lowest BCUT2D eigenvalue weighted by molar-refractivity contribution is 0.489. The van der Waals surface area contributed by atoms with Crippen LogP contribution in [0, 0.1) is 0 Å². The lowest BCUT2D eigenvalue weighted by Crippen LogP contribution is -2.20. The summed E-state index contributed by atoms with van der Waals surface area (Å²) in [6.45, 7) is 0.352. The van der Waals surface area contributed by atoms with Crippen molar-refractivity contribution >= 4 is 33.5 Å². The van der Waals surface area contributed by atoms with Gasteiger partial charge in [0, 0.05) is 15.9 Å². The van der Waals surface area contributed by atoms with Gasteiger partial charge in [0.15, 0.2) is 0 Å². The van der Waals surface area contributed by atoms with Crippen LogP contribution in [0.3, 0.4) is 0 Å². The van der Waals surface area contributed by atoms with Gasteiger partial charge in [0.1, 0.15) is 16.8 Å². The second-order valence-electron chi connectivity index (χ2n) is 4.80. The number of aromatic nitrogens is 3. The van der Waals surface area contributed by atoms with Gasteiger partial charge in [0.2, 0.25) is 0 Å². The van der Waals surface area contributed by atoms with Crippen molar-refractivity contribution in [2.45, 2.75) is 6.54 Å². The van der Waals surface area contributed by atoms with Gasteiger partial charge in [-0.1, -0.05) is 11.6 Å². The zero-order valence-electron chi connectivity index (χ0n) is 10.8. The van der Waals surface area contributed by atoms with Crippen molar-refractivity contribution in [2.75, 3.05) is 0 Å². The fraction of sp³-hybridized carbons (Fsp3) is 0.0667. The van der Waals surface area contributed by atoms with E-state index < -0.39 is 0 Å². The smallest absolute Gasteiger partial charge is 0.278 e. The molecule has 0 amide bonds. The average molecular weight is 300 g/mol. The molecular weight excluding hydrogens is 290 g/mol. The first-order chi connectivity index (χ1) is 10.2. The molecule has 0 spiro atoms. The first-order valence-electron chi connectivity index (χ1n) is 6.41. The van der Waals surface area contributed by atoms with Gasteiger partial charge < -0.3 is 9.40 Å².